The molecular formula is C22H23N7O. The van der Waals surface area contributed by atoms with Gasteiger partial charge in [-0.1, -0.05) is 36.4 Å². The molecule has 4 rings (SSSR count). The van der Waals surface area contributed by atoms with Crippen LogP contribution in [0.15, 0.2) is 67.0 Å². The zero-order valence-electron chi connectivity index (χ0n) is 16.8. The van der Waals surface area contributed by atoms with Crippen LogP contribution in [0.4, 0.5) is 16.4 Å². The van der Waals surface area contributed by atoms with Crippen molar-refractivity contribution < 1.29 is 4.79 Å². The standard InChI is InChI=1S/C22H23N7O/c1-14(16-8-4-3-5-9-16)26-22(30)27-20-12-19-17(13-24-20)21(29-28-19)25-15(2)18-10-6-7-11-23-18/h3-15H,1-2H3,(H2,25,28,29)(H2,24,26,27,30)/t14-,15-/m1/s1. The number of amides is 2. The minimum atomic E-state index is -0.320. The summed E-state index contributed by atoms with van der Waals surface area (Å²) < 4.78 is 0. The van der Waals surface area contributed by atoms with Crippen LogP contribution in [-0.4, -0.2) is 26.2 Å². The number of fused-ring (bicyclic) bond motifs is 1. The van der Waals surface area contributed by atoms with E-state index in [1.54, 1.807) is 18.5 Å². The number of H-pyrrole nitrogens is 1. The van der Waals surface area contributed by atoms with E-state index in [9.17, 15) is 4.79 Å². The van der Waals surface area contributed by atoms with E-state index in [1.807, 2.05) is 62.4 Å². The topological polar surface area (TPSA) is 108 Å². The van der Waals surface area contributed by atoms with Gasteiger partial charge in [-0.25, -0.2) is 9.78 Å². The maximum Gasteiger partial charge on any atom is 0.320 e. The van der Waals surface area contributed by atoms with Gasteiger partial charge in [-0.15, -0.1) is 0 Å². The second kappa shape index (κ2) is 8.60. The van der Waals surface area contributed by atoms with Gasteiger partial charge in [0.25, 0.3) is 0 Å². The first-order valence-corrected chi connectivity index (χ1v) is 9.74. The quantitative estimate of drug-likeness (QED) is 0.383. The third-order valence-electron chi connectivity index (χ3n) is 4.82. The molecule has 8 heteroatoms. The molecule has 30 heavy (non-hydrogen) atoms. The molecule has 3 heterocycles. The summed E-state index contributed by atoms with van der Waals surface area (Å²) in [6, 6.07) is 16.9. The van der Waals surface area contributed by atoms with Gasteiger partial charge in [-0.3, -0.25) is 15.4 Å². The van der Waals surface area contributed by atoms with Crippen molar-refractivity contribution in [2.24, 2.45) is 0 Å². The Morgan fingerprint density at radius 2 is 1.80 bits per heavy atom. The Bertz CT molecular complexity index is 1130. The third-order valence-corrected chi connectivity index (χ3v) is 4.82. The van der Waals surface area contributed by atoms with Crippen LogP contribution >= 0.6 is 0 Å². The predicted molar refractivity (Wildman–Crippen MR) is 117 cm³/mol. The third kappa shape index (κ3) is 4.38. The molecule has 3 aromatic heterocycles. The molecule has 0 bridgehead atoms. The van der Waals surface area contributed by atoms with Crippen LogP contribution in [0.5, 0.6) is 0 Å². The molecule has 0 saturated carbocycles. The van der Waals surface area contributed by atoms with Crippen molar-refractivity contribution >= 4 is 28.6 Å². The number of pyridine rings is 2. The Balaban J connectivity index is 1.42. The van der Waals surface area contributed by atoms with Crippen molar-refractivity contribution in [3.63, 3.8) is 0 Å². The Hall–Kier alpha value is -3.94. The lowest BCUT2D eigenvalue weighted by molar-refractivity contribution is 0.249. The Morgan fingerprint density at radius 3 is 2.57 bits per heavy atom. The van der Waals surface area contributed by atoms with E-state index in [1.165, 1.54) is 0 Å². The molecule has 0 saturated heterocycles. The minimum Gasteiger partial charge on any atom is -0.360 e. The smallest absolute Gasteiger partial charge is 0.320 e. The summed E-state index contributed by atoms with van der Waals surface area (Å²) in [6.07, 6.45) is 3.45. The van der Waals surface area contributed by atoms with E-state index < -0.39 is 0 Å². The molecule has 1 aromatic carbocycles. The first-order valence-electron chi connectivity index (χ1n) is 9.74. The Kier molecular flexibility index (Phi) is 5.56. The Labute approximate surface area is 174 Å². The highest BCUT2D eigenvalue weighted by Gasteiger charge is 2.14. The molecule has 4 aromatic rings. The first kappa shape index (κ1) is 19.4. The van der Waals surface area contributed by atoms with Gasteiger partial charge < -0.3 is 10.6 Å². The molecule has 152 valence electrons. The second-order valence-corrected chi connectivity index (χ2v) is 7.04. The van der Waals surface area contributed by atoms with E-state index >= 15 is 0 Å². The lowest BCUT2D eigenvalue weighted by atomic mass is 10.1. The van der Waals surface area contributed by atoms with Crippen molar-refractivity contribution in [2.75, 3.05) is 10.6 Å². The number of carbonyl (C=O) groups is 1. The molecule has 0 spiro atoms. The number of benzene rings is 1. The number of nitrogens with one attached hydrogen (secondary N) is 4. The van der Waals surface area contributed by atoms with Gasteiger partial charge in [0, 0.05) is 18.5 Å². The number of nitrogens with zero attached hydrogens (tertiary/aromatic N) is 3. The average molecular weight is 401 g/mol. The van der Waals surface area contributed by atoms with E-state index in [2.05, 4.69) is 36.1 Å². The SMILES string of the molecule is C[C@@H](NC(=O)Nc1cc2[nH]nc(N[C@H](C)c3ccccn3)c2cn1)c1ccccc1. The summed E-state index contributed by atoms with van der Waals surface area (Å²) in [7, 11) is 0. The minimum absolute atomic E-state index is 0.0132. The van der Waals surface area contributed by atoms with Crippen LogP contribution in [0.25, 0.3) is 10.9 Å². The zero-order valence-corrected chi connectivity index (χ0v) is 16.8. The van der Waals surface area contributed by atoms with Gasteiger partial charge in [0.2, 0.25) is 0 Å². The zero-order chi connectivity index (χ0) is 20.9. The van der Waals surface area contributed by atoms with Gasteiger partial charge in [-0.2, -0.15) is 5.10 Å². The fourth-order valence-electron chi connectivity index (χ4n) is 3.18. The molecule has 0 unspecified atom stereocenters. The number of aromatic amines is 1. The maximum absolute atomic E-state index is 12.3. The van der Waals surface area contributed by atoms with E-state index in [0.29, 0.717) is 11.6 Å². The summed E-state index contributed by atoms with van der Waals surface area (Å²) >= 11 is 0. The molecule has 0 aliphatic rings. The summed E-state index contributed by atoms with van der Waals surface area (Å²) in [4.78, 5) is 21.0. The monoisotopic (exact) mass is 401 g/mol. The summed E-state index contributed by atoms with van der Waals surface area (Å²) in [5.74, 6) is 1.12. The van der Waals surface area contributed by atoms with Crippen LogP contribution < -0.4 is 16.0 Å². The van der Waals surface area contributed by atoms with Crippen molar-refractivity contribution in [2.45, 2.75) is 25.9 Å². The average Bonchev–Trinajstić information content (AvgIpc) is 3.16. The number of hydrogen-bond donors (Lipinski definition) is 4. The normalized spacial score (nSPS) is 12.9. The van der Waals surface area contributed by atoms with Gasteiger partial charge in [0.1, 0.15) is 5.82 Å². The number of urea groups is 1. The lowest BCUT2D eigenvalue weighted by Gasteiger charge is -2.14. The largest absolute Gasteiger partial charge is 0.360 e. The van der Waals surface area contributed by atoms with Crippen LogP contribution in [0.1, 0.15) is 37.2 Å². The molecule has 0 aliphatic carbocycles. The first-order chi connectivity index (χ1) is 14.6. The molecule has 0 fully saturated rings. The Morgan fingerprint density at radius 1 is 1.00 bits per heavy atom. The molecule has 0 aliphatic heterocycles. The lowest BCUT2D eigenvalue weighted by Crippen LogP contribution is -2.31. The molecular weight excluding hydrogens is 378 g/mol. The van der Waals surface area contributed by atoms with E-state index in [0.717, 1.165) is 22.2 Å². The molecule has 8 nitrogen and oxygen atoms in total. The highest BCUT2D eigenvalue weighted by molar-refractivity contribution is 5.94. The number of carbonyl (C=O) groups excluding carboxylic acids is 1. The number of hydrogen-bond acceptors (Lipinski definition) is 5. The molecule has 2 atom stereocenters. The van der Waals surface area contributed by atoms with Gasteiger partial charge in [0.15, 0.2) is 5.82 Å². The number of anilines is 2. The summed E-state index contributed by atoms with van der Waals surface area (Å²) in [6.45, 7) is 3.95. The van der Waals surface area contributed by atoms with Gasteiger partial charge in [0.05, 0.1) is 28.7 Å². The molecule has 0 radical (unpaired) electrons. The highest BCUT2D eigenvalue weighted by atomic mass is 16.2. The van der Waals surface area contributed by atoms with Crippen molar-refractivity contribution in [1.29, 1.82) is 0 Å². The molecule has 4 N–H and O–H groups in total. The fourth-order valence-corrected chi connectivity index (χ4v) is 3.18. The van der Waals surface area contributed by atoms with E-state index in [4.69, 9.17) is 0 Å². The maximum atomic E-state index is 12.3. The van der Waals surface area contributed by atoms with Crippen LogP contribution in [0, 0.1) is 0 Å². The van der Waals surface area contributed by atoms with Crippen LogP contribution in [0.2, 0.25) is 0 Å². The fraction of sp³-hybridized carbons (Fsp3) is 0.182. The summed E-state index contributed by atoms with van der Waals surface area (Å²) in [5.41, 5.74) is 2.72. The molecule has 2 amide bonds. The predicted octanol–water partition coefficient (Wildman–Crippen LogP) is 4.41. The second-order valence-electron chi connectivity index (χ2n) is 7.04. The van der Waals surface area contributed by atoms with Gasteiger partial charge in [-0.05, 0) is 31.5 Å². The van der Waals surface area contributed by atoms with Crippen molar-refractivity contribution in [3.8, 4) is 0 Å². The number of aromatic nitrogens is 4. The van der Waals surface area contributed by atoms with Gasteiger partial charge >= 0.3 is 6.03 Å². The number of rotatable bonds is 6. The van der Waals surface area contributed by atoms with Crippen molar-refractivity contribution in [3.05, 3.63) is 78.2 Å². The van der Waals surface area contributed by atoms with Crippen LogP contribution in [-0.2, 0) is 0 Å². The summed E-state index contributed by atoms with van der Waals surface area (Å²) in [5, 5.41) is 17.2. The van der Waals surface area contributed by atoms with Crippen molar-refractivity contribution in [1.82, 2.24) is 25.5 Å². The van der Waals surface area contributed by atoms with Crippen LogP contribution in [0.3, 0.4) is 0 Å². The van der Waals surface area contributed by atoms with E-state index in [-0.39, 0.29) is 18.1 Å². The highest BCUT2D eigenvalue weighted by Crippen LogP contribution is 2.25.